The first kappa shape index (κ1) is 23.8. The van der Waals surface area contributed by atoms with E-state index in [1.54, 1.807) is 14.2 Å². The summed E-state index contributed by atoms with van der Waals surface area (Å²) in [5, 5.41) is 13.4. The monoisotopic (exact) mass is 419 g/mol. The van der Waals surface area contributed by atoms with Crippen LogP contribution in [0.5, 0.6) is 23.0 Å². The summed E-state index contributed by atoms with van der Waals surface area (Å²) >= 11 is 0. The third-order valence-corrected chi connectivity index (χ3v) is 4.39. The van der Waals surface area contributed by atoms with Gasteiger partial charge in [-0.1, -0.05) is 6.07 Å². The van der Waals surface area contributed by atoms with E-state index in [0.717, 1.165) is 24.3 Å². The number of aliphatic hydroxyl groups excluding tert-OH is 1. The van der Waals surface area contributed by atoms with Gasteiger partial charge in [-0.25, -0.2) is 0 Å². The molecule has 0 aliphatic heterocycles. The van der Waals surface area contributed by atoms with E-state index in [4.69, 9.17) is 23.7 Å². The van der Waals surface area contributed by atoms with Crippen LogP contribution in [-0.2, 0) is 11.2 Å². The Hall–Kier alpha value is -2.48. The van der Waals surface area contributed by atoms with E-state index >= 15 is 0 Å². The SMILES string of the molecule is CCOCCOc1ccc(OC[C@@H](O)CNCCc2ccc(OC)c(OC)c2)cc1. The minimum atomic E-state index is -0.600. The Morgan fingerprint density at radius 1 is 0.900 bits per heavy atom. The summed E-state index contributed by atoms with van der Waals surface area (Å²) in [6.07, 6.45) is 0.219. The van der Waals surface area contributed by atoms with E-state index in [9.17, 15) is 5.11 Å². The molecule has 2 aromatic rings. The van der Waals surface area contributed by atoms with E-state index in [2.05, 4.69) is 5.32 Å². The van der Waals surface area contributed by atoms with E-state index in [1.807, 2.05) is 49.4 Å². The van der Waals surface area contributed by atoms with Gasteiger partial charge in [0.2, 0.25) is 0 Å². The Labute approximate surface area is 178 Å². The summed E-state index contributed by atoms with van der Waals surface area (Å²) in [7, 11) is 3.24. The van der Waals surface area contributed by atoms with Crippen LogP contribution in [-0.4, -0.2) is 64.9 Å². The summed E-state index contributed by atoms with van der Waals surface area (Å²) in [6.45, 7) is 5.12. The highest BCUT2D eigenvalue weighted by Crippen LogP contribution is 2.27. The van der Waals surface area contributed by atoms with Gasteiger partial charge in [-0.15, -0.1) is 0 Å². The fourth-order valence-corrected chi connectivity index (χ4v) is 2.78. The maximum Gasteiger partial charge on any atom is 0.160 e. The predicted octanol–water partition coefficient (Wildman–Crippen LogP) is 2.69. The topological polar surface area (TPSA) is 78.4 Å². The van der Waals surface area contributed by atoms with E-state index < -0.39 is 6.10 Å². The van der Waals surface area contributed by atoms with Crippen LogP contribution in [0, 0.1) is 0 Å². The molecule has 166 valence electrons. The zero-order valence-electron chi connectivity index (χ0n) is 18.1. The van der Waals surface area contributed by atoms with E-state index in [-0.39, 0.29) is 6.61 Å². The van der Waals surface area contributed by atoms with Crippen LogP contribution < -0.4 is 24.3 Å². The zero-order valence-corrected chi connectivity index (χ0v) is 18.1. The number of rotatable bonds is 15. The smallest absolute Gasteiger partial charge is 0.160 e. The van der Waals surface area contributed by atoms with Crippen molar-refractivity contribution in [3.63, 3.8) is 0 Å². The molecule has 0 fully saturated rings. The van der Waals surface area contributed by atoms with Crippen molar-refractivity contribution in [3.05, 3.63) is 48.0 Å². The van der Waals surface area contributed by atoms with Crippen LogP contribution in [0.1, 0.15) is 12.5 Å². The summed E-state index contributed by atoms with van der Waals surface area (Å²) < 4.78 is 27.0. The molecule has 2 aromatic carbocycles. The summed E-state index contributed by atoms with van der Waals surface area (Å²) in [5.41, 5.74) is 1.13. The van der Waals surface area contributed by atoms with E-state index in [1.165, 1.54) is 0 Å². The second-order valence-corrected chi connectivity index (χ2v) is 6.63. The number of methoxy groups -OCH3 is 2. The Morgan fingerprint density at radius 2 is 1.60 bits per heavy atom. The van der Waals surface area contributed by atoms with Crippen molar-refractivity contribution in [1.29, 1.82) is 0 Å². The minimum Gasteiger partial charge on any atom is -0.493 e. The second kappa shape index (κ2) is 13.7. The van der Waals surface area contributed by atoms with Crippen molar-refractivity contribution in [2.45, 2.75) is 19.4 Å². The molecule has 30 heavy (non-hydrogen) atoms. The standard InChI is InChI=1S/C23H33NO6/c1-4-28-13-14-29-20-6-8-21(9-7-20)30-17-19(25)16-24-12-11-18-5-10-22(26-2)23(15-18)27-3/h5-10,15,19,24-25H,4,11-14,16-17H2,1-3H3/t19-/m0/s1. The molecular weight excluding hydrogens is 386 g/mol. The van der Waals surface area contributed by atoms with Crippen LogP contribution in [0.4, 0.5) is 0 Å². The molecule has 0 aliphatic rings. The molecule has 0 spiro atoms. The van der Waals surface area contributed by atoms with Gasteiger partial charge in [0.25, 0.3) is 0 Å². The number of aliphatic hydroxyl groups is 1. The molecule has 0 saturated carbocycles. The summed E-state index contributed by atoms with van der Waals surface area (Å²) in [6, 6.07) is 13.2. The average molecular weight is 420 g/mol. The van der Waals surface area contributed by atoms with Gasteiger partial charge >= 0.3 is 0 Å². The van der Waals surface area contributed by atoms with Gasteiger partial charge in [-0.05, 0) is 61.9 Å². The van der Waals surface area contributed by atoms with E-state index in [0.29, 0.717) is 43.6 Å². The van der Waals surface area contributed by atoms with Crippen LogP contribution in [0.3, 0.4) is 0 Å². The highest BCUT2D eigenvalue weighted by molar-refractivity contribution is 5.42. The number of ether oxygens (including phenoxy) is 5. The normalized spacial score (nSPS) is 11.7. The highest BCUT2D eigenvalue weighted by atomic mass is 16.5. The molecule has 2 N–H and O–H groups in total. The molecule has 1 atom stereocenters. The predicted molar refractivity (Wildman–Crippen MR) is 116 cm³/mol. The van der Waals surface area contributed by atoms with Crippen LogP contribution in [0.2, 0.25) is 0 Å². The lowest BCUT2D eigenvalue weighted by Crippen LogP contribution is -2.32. The number of hydrogen-bond donors (Lipinski definition) is 2. The highest BCUT2D eigenvalue weighted by Gasteiger charge is 2.07. The largest absolute Gasteiger partial charge is 0.493 e. The molecular formula is C23H33NO6. The quantitative estimate of drug-likeness (QED) is 0.430. The van der Waals surface area contributed by atoms with Gasteiger partial charge in [-0.2, -0.15) is 0 Å². The fourth-order valence-electron chi connectivity index (χ4n) is 2.78. The minimum absolute atomic E-state index is 0.216. The second-order valence-electron chi connectivity index (χ2n) is 6.63. The molecule has 7 heteroatoms. The van der Waals surface area contributed by atoms with Crippen molar-refractivity contribution in [1.82, 2.24) is 5.32 Å². The molecule has 7 nitrogen and oxygen atoms in total. The molecule has 0 bridgehead atoms. The van der Waals surface area contributed by atoms with Crippen LogP contribution in [0.25, 0.3) is 0 Å². The lowest BCUT2D eigenvalue weighted by atomic mass is 10.1. The van der Waals surface area contributed by atoms with Crippen molar-refractivity contribution in [2.75, 3.05) is 53.7 Å². The average Bonchev–Trinajstić information content (AvgIpc) is 2.78. The maximum atomic E-state index is 10.1. The third-order valence-electron chi connectivity index (χ3n) is 4.39. The first-order valence-electron chi connectivity index (χ1n) is 10.2. The molecule has 0 radical (unpaired) electrons. The summed E-state index contributed by atoms with van der Waals surface area (Å²) in [4.78, 5) is 0. The number of hydrogen-bond acceptors (Lipinski definition) is 7. The first-order valence-corrected chi connectivity index (χ1v) is 10.2. The lowest BCUT2D eigenvalue weighted by Gasteiger charge is -2.14. The Bertz CT molecular complexity index is 722. The molecule has 0 heterocycles. The molecule has 0 saturated heterocycles. The van der Waals surface area contributed by atoms with Gasteiger partial charge in [0, 0.05) is 13.2 Å². The molecule has 0 amide bonds. The van der Waals surface area contributed by atoms with Gasteiger partial charge in [0.05, 0.1) is 20.8 Å². The van der Waals surface area contributed by atoms with Gasteiger partial charge in [0.15, 0.2) is 11.5 Å². The van der Waals surface area contributed by atoms with Gasteiger partial charge in [-0.3, -0.25) is 0 Å². The number of benzene rings is 2. The zero-order chi connectivity index (χ0) is 21.6. The lowest BCUT2D eigenvalue weighted by molar-refractivity contribution is 0.106. The van der Waals surface area contributed by atoms with Crippen LogP contribution in [0.15, 0.2) is 42.5 Å². The molecule has 0 aromatic heterocycles. The summed E-state index contributed by atoms with van der Waals surface area (Å²) in [5.74, 6) is 2.89. The van der Waals surface area contributed by atoms with Gasteiger partial charge < -0.3 is 34.1 Å². The Kier molecular flexibility index (Phi) is 10.9. The van der Waals surface area contributed by atoms with Crippen molar-refractivity contribution in [2.24, 2.45) is 0 Å². The third kappa shape index (κ3) is 8.49. The molecule has 0 unspecified atom stereocenters. The van der Waals surface area contributed by atoms with Crippen molar-refractivity contribution in [3.8, 4) is 23.0 Å². The number of nitrogens with one attached hydrogen (secondary N) is 1. The first-order chi connectivity index (χ1) is 14.7. The molecule has 0 aliphatic carbocycles. The Morgan fingerprint density at radius 3 is 2.27 bits per heavy atom. The fraction of sp³-hybridized carbons (Fsp3) is 0.478. The van der Waals surface area contributed by atoms with Crippen molar-refractivity contribution < 1.29 is 28.8 Å². The van der Waals surface area contributed by atoms with Gasteiger partial charge in [0.1, 0.15) is 30.8 Å². The Balaban J connectivity index is 1.62. The molecule has 2 rings (SSSR count). The van der Waals surface area contributed by atoms with Crippen LogP contribution >= 0.6 is 0 Å². The maximum absolute atomic E-state index is 10.1. The van der Waals surface area contributed by atoms with Crippen molar-refractivity contribution >= 4 is 0 Å².